The van der Waals surface area contributed by atoms with Crippen molar-refractivity contribution >= 4 is 12.0 Å². The molecule has 0 radical (unpaired) electrons. The van der Waals surface area contributed by atoms with Crippen molar-refractivity contribution in [3.63, 3.8) is 0 Å². The summed E-state index contributed by atoms with van der Waals surface area (Å²) in [6.07, 6.45) is 4.28. The van der Waals surface area contributed by atoms with Crippen LogP contribution in [-0.2, 0) is 16.0 Å². The average molecular weight is 370 g/mol. The number of benzene rings is 1. The number of nitrogens with one attached hydrogen (secondary N) is 1. The monoisotopic (exact) mass is 370 g/mol. The second kappa shape index (κ2) is 7.17. The molecule has 1 N–H and O–H groups in total. The van der Waals surface area contributed by atoms with E-state index in [-0.39, 0.29) is 23.5 Å². The first-order chi connectivity index (χ1) is 12.9. The molecule has 2 heterocycles. The minimum atomic E-state index is -0.346. The second-order valence-corrected chi connectivity index (χ2v) is 9.03. The molecule has 0 bridgehead atoms. The summed E-state index contributed by atoms with van der Waals surface area (Å²) in [5, 5.41) is 2.87. The van der Waals surface area contributed by atoms with Gasteiger partial charge in [-0.05, 0) is 55.1 Å². The number of likely N-dealkylation sites (tertiary alicyclic amines) is 1. The van der Waals surface area contributed by atoms with E-state index < -0.39 is 0 Å². The quantitative estimate of drug-likeness (QED) is 0.883. The van der Waals surface area contributed by atoms with E-state index in [2.05, 4.69) is 43.4 Å². The Labute approximate surface area is 161 Å². The molecule has 1 aliphatic carbocycles. The van der Waals surface area contributed by atoms with Gasteiger partial charge in [0, 0.05) is 19.0 Å². The van der Waals surface area contributed by atoms with Crippen LogP contribution in [0.1, 0.15) is 56.6 Å². The number of alkyl carbamates (subject to hydrolysis) is 1. The molecule has 1 aromatic carbocycles. The van der Waals surface area contributed by atoms with E-state index in [1.165, 1.54) is 11.1 Å². The van der Waals surface area contributed by atoms with Gasteiger partial charge < -0.3 is 15.0 Å². The highest BCUT2D eigenvalue weighted by molar-refractivity contribution is 5.81. The predicted molar refractivity (Wildman–Crippen MR) is 103 cm³/mol. The number of cyclic esters (lactones) is 1. The molecular weight excluding hydrogens is 340 g/mol. The van der Waals surface area contributed by atoms with Crippen LogP contribution in [0.4, 0.5) is 4.79 Å². The van der Waals surface area contributed by atoms with Gasteiger partial charge in [-0.25, -0.2) is 4.79 Å². The van der Waals surface area contributed by atoms with Gasteiger partial charge in [-0.3, -0.25) is 4.79 Å². The van der Waals surface area contributed by atoms with Gasteiger partial charge in [0.15, 0.2) is 0 Å². The number of piperidine rings is 1. The van der Waals surface area contributed by atoms with Crippen LogP contribution < -0.4 is 5.32 Å². The summed E-state index contributed by atoms with van der Waals surface area (Å²) >= 11 is 0. The fraction of sp³-hybridized carbons (Fsp3) is 0.636. The Morgan fingerprint density at radius 1 is 1.30 bits per heavy atom. The standard InChI is InChI=1S/C22H30N2O3/c1-15(2)10-16-4-3-5-18(11-16)17-6-8-24(9-7-17)20(25)19-12-22(13-19)14-27-21(26)23-22/h3-5,11,15,17,19H,6-10,12-14H2,1-2H3,(H,23,26). The van der Waals surface area contributed by atoms with Crippen LogP contribution in [-0.4, -0.2) is 42.1 Å². The summed E-state index contributed by atoms with van der Waals surface area (Å²) in [4.78, 5) is 26.1. The Kier molecular flexibility index (Phi) is 4.87. The third-order valence-electron chi connectivity index (χ3n) is 6.34. The van der Waals surface area contributed by atoms with Gasteiger partial charge in [0.25, 0.3) is 0 Å². The summed E-state index contributed by atoms with van der Waals surface area (Å²) in [6.45, 7) is 6.59. The number of hydrogen-bond donors (Lipinski definition) is 1. The number of carbonyl (C=O) groups excluding carboxylic acids is 2. The number of hydrogen-bond acceptors (Lipinski definition) is 3. The highest BCUT2D eigenvalue weighted by Gasteiger charge is 2.53. The fourth-order valence-electron chi connectivity index (χ4n) is 4.91. The van der Waals surface area contributed by atoms with Crippen LogP contribution >= 0.6 is 0 Å². The number of carbonyl (C=O) groups is 2. The lowest BCUT2D eigenvalue weighted by molar-refractivity contribution is -0.142. The molecule has 0 aromatic heterocycles. The van der Waals surface area contributed by atoms with Crippen LogP contribution in [0.15, 0.2) is 24.3 Å². The Bertz CT molecular complexity index is 716. The van der Waals surface area contributed by atoms with Crippen LogP contribution in [0.5, 0.6) is 0 Å². The Hall–Kier alpha value is -2.04. The van der Waals surface area contributed by atoms with Crippen LogP contribution in [0.3, 0.4) is 0 Å². The number of rotatable bonds is 4. The highest BCUT2D eigenvalue weighted by Crippen LogP contribution is 2.42. The van der Waals surface area contributed by atoms with Gasteiger partial charge in [-0.1, -0.05) is 38.1 Å². The van der Waals surface area contributed by atoms with Gasteiger partial charge in [0.05, 0.1) is 5.54 Å². The van der Waals surface area contributed by atoms with Crippen molar-refractivity contribution in [2.75, 3.05) is 19.7 Å². The van der Waals surface area contributed by atoms with E-state index in [1.54, 1.807) is 0 Å². The molecule has 0 unspecified atom stereocenters. The van der Waals surface area contributed by atoms with Crippen molar-refractivity contribution in [1.82, 2.24) is 10.2 Å². The first-order valence-corrected chi connectivity index (χ1v) is 10.3. The summed E-state index contributed by atoms with van der Waals surface area (Å²) in [5.74, 6) is 1.52. The molecule has 5 nitrogen and oxygen atoms in total. The lowest BCUT2D eigenvalue weighted by Crippen LogP contribution is -2.58. The maximum atomic E-state index is 12.8. The van der Waals surface area contributed by atoms with Crippen LogP contribution in [0.2, 0.25) is 0 Å². The maximum Gasteiger partial charge on any atom is 0.407 e. The van der Waals surface area contributed by atoms with Crippen molar-refractivity contribution in [2.45, 2.75) is 57.4 Å². The topological polar surface area (TPSA) is 58.6 Å². The van der Waals surface area contributed by atoms with E-state index in [4.69, 9.17) is 4.74 Å². The summed E-state index contributed by atoms with van der Waals surface area (Å²) in [7, 11) is 0. The molecule has 27 heavy (non-hydrogen) atoms. The molecule has 5 heteroatoms. The third-order valence-corrected chi connectivity index (χ3v) is 6.34. The summed E-state index contributed by atoms with van der Waals surface area (Å²) in [6, 6.07) is 9.00. The zero-order valence-corrected chi connectivity index (χ0v) is 16.4. The van der Waals surface area contributed by atoms with E-state index in [0.717, 1.165) is 45.2 Å². The summed E-state index contributed by atoms with van der Waals surface area (Å²) in [5.41, 5.74) is 2.57. The van der Waals surface area contributed by atoms with Crippen LogP contribution in [0, 0.1) is 11.8 Å². The van der Waals surface area contributed by atoms with Crippen LogP contribution in [0.25, 0.3) is 0 Å². The van der Waals surface area contributed by atoms with Crippen molar-refractivity contribution in [1.29, 1.82) is 0 Å². The molecule has 2 saturated heterocycles. The van der Waals surface area contributed by atoms with E-state index >= 15 is 0 Å². The smallest absolute Gasteiger partial charge is 0.407 e. The van der Waals surface area contributed by atoms with E-state index in [9.17, 15) is 9.59 Å². The van der Waals surface area contributed by atoms with Gasteiger partial charge in [-0.15, -0.1) is 0 Å². The Morgan fingerprint density at radius 2 is 2.04 bits per heavy atom. The summed E-state index contributed by atoms with van der Waals surface area (Å²) < 4.78 is 5.01. The molecule has 4 rings (SSSR count). The first-order valence-electron chi connectivity index (χ1n) is 10.3. The zero-order chi connectivity index (χ0) is 19.0. The Morgan fingerprint density at radius 3 is 2.67 bits per heavy atom. The third kappa shape index (κ3) is 3.83. The van der Waals surface area contributed by atoms with Gasteiger partial charge >= 0.3 is 6.09 Å². The minimum Gasteiger partial charge on any atom is -0.447 e. The first kappa shape index (κ1) is 18.3. The lowest BCUT2D eigenvalue weighted by atomic mass is 9.68. The van der Waals surface area contributed by atoms with Gasteiger partial charge in [-0.2, -0.15) is 0 Å². The molecule has 3 aliphatic rings. The van der Waals surface area contributed by atoms with Crippen molar-refractivity contribution in [3.8, 4) is 0 Å². The molecule has 1 aromatic rings. The fourth-order valence-corrected chi connectivity index (χ4v) is 4.91. The Balaban J connectivity index is 1.29. The van der Waals surface area contributed by atoms with Gasteiger partial charge in [0.1, 0.15) is 6.61 Å². The predicted octanol–water partition coefficient (Wildman–Crippen LogP) is 3.48. The number of ether oxygens (including phenoxy) is 1. The molecule has 2 amide bonds. The number of amides is 2. The maximum absolute atomic E-state index is 12.8. The van der Waals surface area contributed by atoms with Crippen molar-refractivity contribution in [2.24, 2.45) is 11.8 Å². The molecule has 0 atom stereocenters. The van der Waals surface area contributed by atoms with E-state index in [0.29, 0.717) is 18.4 Å². The molecule has 146 valence electrons. The van der Waals surface area contributed by atoms with Crippen molar-refractivity contribution < 1.29 is 14.3 Å². The lowest BCUT2D eigenvalue weighted by Gasteiger charge is -2.45. The van der Waals surface area contributed by atoms with Crippen molar-refractivity contribution in [3.05, 3.63) is 35.4 Å². The second-order valence-electron chi connectivity index (χ2n) is 9.03. The van der Waals surface area contributed by atoms with E-state index in [1.807, 2.05) is 4.90 Å². The number of nitrogens with zero attached hydrogens (tertiary/aromatic N) is 1. The molecule has 2 aliphatic heterocycles. The molecule has 1 saturated carbocycles. The van der Waals surface area contributed by atoms with Gasteiger partial charge in [0.2, 0.25) is 5.91 Å². The molecule has 3 fully saturated rings. The molecular formula is C22H30N2O3. The minimum absolute atomic E-state index is 0.0397. The normalized spacial score (nSPS) is 28.2. The largest absolute Gasteiger partial charge is 0.447 e. The average Bonchev–Trinajstić information content (AvgIpc) is 3.02. The highest BCUT2D eigenvalue weighted by atomic mass is 16.6. The molecule has 1 spiro atoms. The SMILES string of the molecule is CC(C)Cc1cccc(C2CCN(C(=O)C3CC4(COC(=O)N4)C3)CC2)c1. The zero-order valence-electron chi connectivity index (χ0n) is 16.4.